The predicted molar refractivity (Wildman–Crippen MR) is 70.0 cm³/mol. The van der Waals surface area contributed by atoms with E-state index in [1.165, 1.54) is 35.2 Å². The van der Waals surface area contributed by atoms with Crippen molar-refractivity contribution in [2.75, 3.05) is 23.8 Å². The molecule has 0 spiro atoms. The lowest BCUT2D eigenvalue weighted by Crippen LogP contribution is -2.31. The molecular weight excluding hydrogens is 236 g/mol. The molecule has 5 nitrogen and oxygen atoms in total. The van der Waals surface area contributed by atoms with Crippen LogP contribution in [0.3, 0.4) is 0 Å². The fraction of sp³-hybridized carbons (Fsp3) is 0.636. The molecule has 1 aliphatic heterocycles. The number of anilines is 1. The van der Waals surface area contributed by atoms with Crippen LogP contribution in [0.25, 0.3) is 0 Å². The van der Waals surface area contributed by atoms with Crippen molar-refractivity contribution in [1.82, 2.24) is 15.1 Å². The third kappa shape index (κ3) is 2.94. The minimum absolute atomic E-state index is 0.117. The minimum atomic E-state index is -0.117. The van der Waals surface area contributed by atoms with Crippen molar-refractivity contribution < 1.29 is 4.79 Å². The van der Waals surface area contributed by atoms with Gasteiger partial charge in [-0.25, -0.2) is 0 Å². The molecule has 0 atom stereocenters. The summed E-state index contributed by atoms with van der Waals surface area (Å²) in [5.41, 5.74) is 6.22. The van der Waals surface area contributed by atoms with Crippen LogP contribution in [0.1, 0.15) is 23.2 Å². The van der Waals surface area contributed by atoms with E-state index in [1.807, 2.05) is 11.8 Å². The van der Waals surface area contributed by atoms with Crippen LogP contribution in [0.2, 0.25) is 0 Å². The zero-order chi connectivity index (χ0) is 12.3. The first-order valence-corrected chi connectivity index (χ1v) is 6.97. The summed E-state index contributed by atoms with van der Waals surface area (Å²) in [6, 6.07) is 0. The number of aryl methyl sites for hydroxylation is 1. The van der Waals surface area contributed by atoms with Gasteiger partial charge in [-0.2, -0.15) is 16.9 Å². The maximum absolute atomic E-state index is 11.9. The van der Waals surface area contributed by atoms with E-state index in [1.54, 1.807) is 7.05 Å². The van der Waals surface area contributed by atoms with Gasteiger partial charge < -0.3 is 11.1 Å². The van der Waals surface area contributed by atoms with E-state index in [-0.39, 0.29) is 5.91 Å². The monoisotopic (exact) mass is 254 g/mol. The molecule has 17 heavy (non-hydrogen) atoms. The molecule has 1 fully saturated rings. The van der Waals surface area contributed by atoms with Crippen molar-refractivity contribution in [3.05, 3.63) is 11.8 Å². The molecule has 1 aromatic heterocycles. The molecule has 0 bridgehead atoms. The van der Waals surface area contributed by atoms with Crippen molar-refractivity contribution in [1.29, 1.82) is 0 Å². The van der Waals surface area contributed by atoms with Crippen LogP contribution in [0.4, 0.5) is 5.82 Å². The maximum atomic E-state index is 11.9. The number of carbonyl (C=O) groups excluding carboxylic acids is 1. The molecule has 94 valence electrons. The number of nitrogens with two attached hydrogens (primary N) is 1. The molecule has 3 N–H and O–H groups in total. The van der Waals surface area contributed by atoms with Crippen LogP contribution in [0.15, 0.2) is 6.20 Å². The smallest absolute Gasteiger partial charge is 0.256 e. The Morgan fingerprint density at radius 2 is 2.35 bits per heavy atom. The second-order valence-corrected chi connectivity index (χ2v) is 5.56. The highest BCUT2D eigenvalue weighted by atomic mass is 32.2. The SMILES string of the molecule is Cn1ncc(C(=O)NCC2CCSCC2)c1N. The molecule has 1 amide bonds. The van der Waals surface area contributed by atoms with Gasteiger partial charge in [0.15, 0.2) is 0 Å². The van der Waals surface area contributed by atoms with Gasteiger partial charge in [-0.3, -0.25) is 9.48 Å². The van der Waals surface area contributed by atoms with Crippen LogP contribution in [0, 0.1) is 5.92 Å². The average Bonchev–Trinajstić information content (AvgIpc) is 2.69. The summed E-state index contributed by atoms with van der Waals surface area (Å²) in [5.74, 6) is 3.32. The molecule has 6 heteroatoms. The van der Waals surface area contributed by atoms with Crippen molar-refractivity contribution in [2.24, 2.45) is 13.0 Å². The fourth-order valence-electron chi connectivity index (χ4n) is 1.90. The zero-order valence-corrected chi connectivity index (χ0v) is 10.8. The van der Waals surface area contributed by atoms with Gasteiger partial charge in [0.2, 0.25) is 0 Å². The summed E-state index contributed by atoms with van der Waals surface area (Å²) in [4.78, 5) is 11.9. The van der Waals surface area contributed by atoms with Gasteiger partial charge in [0.05, 0.1) is 6.20 Å². The fourth-order valence-corrected chi connectivity index (χ4v) is 3.11. The highest BCUT2D eigenvalue weighted by Gasteiger charge is 2.17. The number of amides is 1. The zero-order valence-electron chi connectivity index (χ0n) is 9.98. The van der Waals surface area contributed by atoms with E-state index in [2.05, 4.69) is 10.4 Å². The highest BCUT2D eigenvalue weighted by Crippen LogP contribution is 2.22. The normalized spacial score (nSPS) is 17.0. The molecule has 0 aromatic carbocycles. The largest absolute Gasteiger partial charge is 0.383 e. The van der Waals surface area contributed by atoms with E-state index < -0.39 is 0 Å². The molecule has 2 heterocycles. The maximum Gasteiger partial charge on any atom is 0.256 e. The van der Waals surface area contributed by atoms with Gasteiger partial charge in [-0.1, -0.05) is 0 Å². The first-order chi connectivity index (χ1) is 8.18. The van der Waals surface area contributed by atoms with Gasteiger partial charge in [0, 0.05) is 13.6 Å². The Morgan fingerprint density at radius 3 is 2.94 bits per heavy atom. The number of rotatable bonds is 3. The Balaban J connectivity index is 1.86. The van der Waals surface area contributed by atoms with Gasteiger partial charge in [-0.05, 0) is 30.3 Å². The van der Waals surface area contributed by atoms with E-state index >= 15 is 0 Å². The minimum Gasteiger partial charge on any atom is -0.383 e. The first kappa shape index (κ1) is 12.3. The number of nitrogen functional groups attached to an aromatic ring is 1. The summed E-state index contributed by atoms with van der Waals surface area (Å²) >= 11 is 1.99. The molecule has 2 rings (SSSR count). The van der Waals surface area contributed by atoms with Crippen molar-refractivity contribution in [3.63, 3.8) is 0 Å². The molecule has 1 aliphatic rings. The molecule has 1 aromatic rings. The van der Waals surface area contributed by atoms with Gasteiger partial charge in [0.25, 0.3) is 5.91 Å². The Hall–Kier alpha value is -1.17. The third-order valence-electron chi connectivity index (χ3n) is 3.12. The van der Waals surface area contributed by atoms with E-state index in [0.717, 1.165) is 6.54 Å². The predicted octanol–water partition coefficient (Wildman–Crippen LogP) is 0.875. The lowest BCUT2D eigenvalue weighted by molar-refractivity contribution is 0.0947. The molecule has 0 aliphatic carbocycles. The van der Waals surface area contributed by atoms with Crippen LogP contribution < -0.4 is 11.1 Å². The quantitative estimate of drug-likeness (QED) is 0.839. The van der Waals surface area contributed by atoms with Crippen LogP contribution >= 0.6 is 11.8 Å². The second-order valence-electron chi connectivity index (χ2n) is 4.33. The number of aromatic nitrogens is 2. The second kappa shape index (κ2) is 5.44. The lowest BCUT2D eigenvalue weighted by Gasteiger charge is -2.21. The Morgan fingerprint density at radius 1 is 1.65 bits per heavy atom. The number of hydrogen-bond donors (Lipinski definition) is 2. The Bertz CT molecular complexity index is 398. The lowest BCUT2D eigenvalue weighted by atomic mass is 10.0. The van der Waals surface area contributed by atoms with Crippen LogP contribution in [-0.2, 0) is 7.05 Å². The molecule has 0 radical (unpaired) electrons. The summed E-state index contributed by atoms with van der Waals surface area (Å²) in [5, 5.41) is 6.90. The highest BCUT2D eigenvalue weighted by molar-refractivity contribution is 7.99. The van der Waals surface area contributed by atoms with Crippen molar-refractivity contribution in [3.8, 4) is 0 Å². The summed E-state index contributed by atoms with van der Waals surface area (Å²) in [6.07, 6.45) is 3.89. The summed E-state index contributed by atoms with van der Waals surface area (Å²) in [6.45, 7) is 0.744. The van der Waals surface area contributed by atoms with E-state index in [0.29, 0.717) is 17.3 Å². The summed E-state index contributed by atoms with van der Waals surface area (Å²) < 4.78 is 1.51. The van der Waals surface area contributed by atoms with Gasteiger partial charge in [-0.15, -0.1) is 0 Å². The standard InChI is InChI=1S/C11H18N4OS/c1-15-10(12)9(7-14-15)11(16)13-6-8-2-4-17-5-3-8/h7-8H,2-6,12H2,1H3,(H,13,16). The van der Waals surface area contributed by atoms with Crippen molar-refractivity contribution >= 4 is 23.5 Å². The average molecular weight is 254 g/mol. The van der Waals surface area contributed by atoms with Gasteiger partial charge in [0.1, 0.15) is 11.4 Å². The molecule has 0 unspecified atom stereocenters. The number of nitrogens with one attached hydrogen (secondary N) is 1. The number of thioether (sulfide) groups is 1. The first-order valence-electron chi connectivity index (χ1n) is 5.82. The molecule has 0 saturated carbocycles. The Labute approximate surface area is 105 Å². The van der Waals surface area contributed by atoms with Gasteiger partial charge >= 0.3 is 0 Å². The van der Waals surface area contributed by atoms with E-state index in [9.17, 15) is 4.79 Å². The third-order valence-corrected chi connectivity index (χ3v) is 4.17. The topological polar surface area (TPSA) is 72.9 Å². The Kier molecular flexibility index (Phi) is 3.93. The number of carbonyl (C=O) groups is 1. The van der Waals surface area contributed by atoms with Crippen LogP contribution in [-0.4, -0.2) is 33.7 Å². The summed E-state index contributed by atoms with van der Waals surface area (Å²) in [7, 11) is 1.73. The molecule has 1 saturated heterocycles. The number of nitrogens with zero attached hydrogens (tertiary/aromatic N) is 2. The van der Waals surface area contributed by atoms with Crippen LogP contribution in [0.5, 0.6) is 0 Å². The number of hydrogen-bond acceptors (Lipinski definition) is 4. The molecular formula is C11H18N4OS. The van der Waals surface area contributed by atoms with E-state index in [4.69, 9.17) is 5.73 Å². The van der Waals surface area contributed by atoms with Crippen molar-refractivity contribution in [2.45, 2.75) is 12.8 Å².